The van der Waals surface area contributed by atoms with E-state index in [1.54, 1.807) is 0 Å². The monoisotopic (exact) mass is 334 g/mol. The van der Waals surface area contributed by atoms with Crippen LogP contribution in [0.2, 0.25) is 0 Å². The second-order valence-electron chi connectivity index (χ2n) is 5.76. The molecule has 6 nitrogen and oxygen atoms in total. The molecule has 1 atom stereocenters. The predicted molar refractivity (Wildman–Crippen MR) is 93.9 cm³/mol. The first kappa shape index (κ1) is 17.6. The highest BCUT2D eigenvalue weighted by atomic mass is 35.5. The summed E-state index contributed by atoms with van der Waals surface area (Å²) in [5.41, 5.74) is 2.39. The molecule has 0 aliphatic carbocycles. The molecule has 1 aliphatic rings. The number of hydrogen-bond donors (Lipinski definition) is 1. The van der Waals surface area contributed by atoms with E-state index >= 15 is 0 Å². The van der Waals surface area contributed by atoms with Crippen LogP contribution < -0.4 is 10.2 Å². The lowest BCUT2D eigenvalue weighted by molar-refractivity contribution is 0.153. The lowest BCUT2D eigenvalue weighted by Gasteiger charge is -2.36. The molecule has 1 unspecified atom stereocenters. The maximum Gasteiger partial charge on any atom is 0.224 e. The third-order valence-corrected chi connectivity index (χ3v) is 3.90. The van der Waals surface area contributed by atoms with Crippen LogP contribution in [0.3, 0.4) is 0 Å². The third-order valence-electron chi connectivity index (χ3n) is 3.90. The van der Waals surface area contributed by atoms with Crippen LogP contribution in [0.5, 0.6) is 0 Å². The molecule has 1 aliphatic heterocycles. The Labute approximate surface area is 143 Å². The van der Waals surface area contributed by atoms with E-state index in [4.69, 9.17) is 0 Å². The van der Waals surface area contributed by atoms with Gasteiger partial charge in [-0.2, -0.15) is 0 Å². The van der Waals surface area contributed by atoms with E-state index in [-0.39, 0.29) is 12.4 Å². The molecule has 1 fully saturated rings. The number of halogens is 1. The number of aromatic nitrogens is 3. The van der Waals surface area contributed by atoms with Crippen LogP contribution >= 0.6 is 12.4 Å². The van der Waals surface area contributed by atoms with Gasteiger partial charge in [0.1, 0.15) is 0 Å². The highest BCUT2D eigenvalue weighted by molar-refractivity contribution is 5.85. The van der Waals surface area contributed by atoms with Crippen molar-refractivity contribution in [3.8, 4) is 0 Å². The Morgan fingerprint density at radius 2 is 2.04 bits per heavy atom. The van der Waals surface area contributed by atoms with Gasteiger partial charge in [-0.3, -0.25) is 9.88 Å². The molecule has 2 aromatic heterocycles. The van der Waals surface area contributed by atoms with Gasteiger partial charge in [0, 0.05) is 76.7 Å². The van der Waals surface area contributed by atoms with E-state index in [1.807, 2.05) is 49.8 Å². The molecular formula is C16H23ClN6. The lowest BCUT2D eigenvalue weighted by atomic mass is 10.0. The molecule has 124 valence electrons. The standard InChI is InChI=1S/C16H22N6.ClH/c1-21(2)16-19-8-13(9-20-16)12-22-7-6-18-11-15(22)14-4-3-5-17-10-14;/h3-5,8-10,15,18H,6-7,11-12H2,1-2H3;1H. The number of pyridine rings is 1. The van der Waals surface area contributed by atoms with Crippen molar-refractivity contribution in [2.24, 2.45) is 0 Å². The van der Waals surface area contributed by atoms with E-state index in [9.17, 15) is 0 Å². The van der Waals surface area contributed by atoms with Gasteiger partial charge >= 0.3 is 0 Å². The highest BCUT2D eigenvalue weighted by Crippen LogP contribution is 2.23. The molecule has 23 heavy (non-hydrogen) atoms. The first-order chi connectivity index (χ1) is 10.7. The Morgan fingerprint density at radius 3 is 2.70 bits per heavy atom. The fourth-order valence-corrected chi connectivity index (χ4v) is 2.73. The van der Waals surface area contributed by atoms with Crippen LogP contribution in [-0.4, -0.2) is 53.6 Å². The number of nitrogens with zero attached hydrogens (tertiary/aromatic N) is 5. The fourth-order valence-electron chi connectivity index (χ4n) is 2.73. The van der Waals surface area contributed by atoms with Crippen LogP contribution in [0.15, 0.2) is 36.9 Å². The van der Waals surface area contributed by atoms with Crippen LogP contribution in [0.1, 0.15) is 17.2 Å². The van der Waals surface area contributed by atoms with Gasteiger partial charge in [-0.15, -0.1) is 12.4 Å². The van der Waals surface area contributed by atoms with Crippen molar-refractivity contribution in [2.75, 3.05) is 38.6 Å². The van der Waals surface area contributed by atoms with E-state index < -0.39 is 0 Å². The van der Waals surface area contributed by atoms with Crippen molar-refractivity contribution in [3.05, 3.63) is 48.0 Å². The second-order valence-corrected chi connectivity index (χ2v) is 5.76. The first-order valence-electron chi connectivity index (χ1n) is 7.57. The minimum absolute atomic E-state index is 0. The molecule has 2 aromatic rings. The summed E-state index contributed by atoms with van der Waals surface area (Å²) >= 11 is 0. The van der Waals surface area contributed by atoms with Gasteiger partial charge in [-0.1, -0.05) is 6.07 Å². The van der Waals surface area contributed by atoms with Crippen LogP contribution in [0.4, 0.5) is 5.95 Å². The van der Waals surface area contributed by atoms with Crippen molar-refractivity contribution in [2.45, 2.75) is 12.6 Å². The Morgan fingerprint density at radius 1 is 1.26 bits per heavy atom. The van der Waals surface area contributed by atoms with Crippen LogP contribution in [0, 0.1) is 0 Å². The maximum absolute atomic E-state index is 4.40. The summed E-state index contributed by atoms with van der Waals surface area (Å²) in [7, 11) is 3.90. The summed E-state index contributed by atoms with van der Waals surface area (Å²) in [5, 5.41) is 3.47. The number of anilines is 1. The minimum atomic E-state index is 0. The van der Waals surface area contributed by atoms with Crippen molar-refractivity contribution in [1.82, 2.24) is 25.2 Å². The predicted octanol–water partition coefficient (Wildman–Crippen LogP) is 1.51. The molecule has 3 rings (SSSR count). The fraction of sp³-hybridized carbons (Fsp3) is 0.438. The summed E-state index contributed by atoms with van der Waals surface area (Å²) < 4.78 is 0. The maximum atomic E-state index is 4.40. The second kappa shape index (κ2) is 8.19. The van der Waals surface area contributed by atoms with Gasteiger partial charge < -0.3 is 10.2 Å². The van der Waals surface area contributed by atoms with Crippen molar-refractivity contribution >= 4 is 18.4 Å². The average Bonchev–Trinajstić information content (AvgIpc) is 2.57. The lowest BCUT2D eigenvalue weighted by Crippen LogP contribution is -2.45. The quantitative estimate of drug-likeness (QED) is 0.914. The van der Waals surface area contributed by atoms with Crippen molar-refractivity contribution in [1.29, 1.82) is 0 Å². The first-order valence-corrected chi connectivity index (χ1v) is 7.57. The average molecular weight is 335 g/mol. The van der Waals surface area contributed by atoms with Gasteiger partial charge in [0.2, 0.25) is 5.95 Å². The molecule has 0 spiro atoms. The topological polar surface area (TPSA) is 57.2 Å². The summed E-state index contributed by atoms with van der Waals surface area (Å²) in [4.78, 5) is 17.4. The minimum Gasteiger partial charge on any atom is -0.347 e. The Balaban J connectivity index is 0.00000192. The zero-order valence-electron chi connectivity index (χ0n) is 13.5. The van der Waals surface area contributed by atoms with E-state index in [0.29, 0.717) is 6.04 Å². The van der Waals surface area contributed by atoms with Crippen LogP contribution in [-0.2, 0) is 6.54 Å². The molecule has 0 saturated carbocycles. The Kier molecular flexibility index (Phi) is 6.27. The molecular weight excluding hydrogens is 312 g/mol. The molecule has 0 radical (unpaired) electrons. The number of piperazine rings is 1. The number of nitrogens with one attached hydrogen (secondary N) is 1. The Bertz CT molecular complexity index is 589. The molecule has 1 saturated heterocycles. The SMILES string of the molecule is CN(C)c1ncc(CN2CCNCC2c2cccnc2)cn1.Cl. The third kappa shape index (κ3) is 4.37. The van der Waals surface area contributed by atoms with E-state index in [2.05, 4.69) is 31.2 Å². The zero-order valence-corrected chi connectivity index (χ0v) is 14.3. The molecule has 0 amide bonds. The molecule has 3 heterocycles. The highest BCUT2D eigenvalue weighted by Gasteiger charge is 2.24. The van der Waals surface area contributed by atoms with Gasteiger partial charge in [0.15, 0.2) is 0 Å². The van der Waals surface area contributed by atoms with E-state index in [0.717, 1.165) is 37.7 Å². The summed E-state index contributed by atoms with van der Waals surface area (Å²) in [6.07, 6.45) is 7.61. The molecule has 0 aromatic carbocycles. The zero-order chi connectivity index (χ0) is 15.4. The molecule has 7 heteroatoms. The summed E-state index contributed by atoms with van der Waals surface area (Å²) in [5.74, 6) is 0.743. The summed E-state index contributed by atoms with van der Waals surface area (Å²) in [6, 6.07) is 4.48. The normalized spacial score (nSPS) is 18.3. The van der Waals surface area contributed by atoms with Crippen molar-refractivity contribution in [3.63, 3.8) is 0 Å². The smallest absolute Gasteiger partial charge is 0.224 e. The van der Waals surface area contributed by atoms with E-state index in [1.165, 1.54) is 5.56 Å². The van der Waals surface area contributed by atoms with Gasteiger partial charge in [0.05, 0.1) is 0 Å². The van der Waals surface area contributed by atoms with Crippen molar-refractivity contribution < 1.29 is 0 Å². The summed E-state index contributed by atoms with van der Waals surface area (Å²) in [6.45, 7) is 3.82. The molecule has 1 N–H and O–H groups in total. The largest absolute Gasteiger partial charge is 0.347 e. The number of rotatable bonds is 4. The van der Waals surface area contributed by atoms with Gasteiger partial charge in [-0.25, -0.2) is 9.97 Å². The van der Waals surface area contributed by atoms with Gasteiger partial charge in [0.25, 0.3) is 0 Å². The van der Waals surface area contributed by atoms with Gasteiger partial charge in [-0.05, 0) is 11.6 Å². The Hall–Kier alpha value is -1.76. The van der Waals surface area contributed by atoms with Crippen LogP contribution in [0.25, 0.3) is 0 Å². The molecule has 0 bridgehead atoms. The number of hydrogen-bond acceptors (Lipinski definition) is 6.